The lowest BCUT2D eigenvalue weighted by Gasteiger charge is -2.17. The van der Waals surface area contributed by atoms with Gasteiger partial charge in [0.05, 0.1) is 5.69 Å². The van der Waals surface area contributed by atoms with Crippen molar-refractivity contribution in [3.63, 3.8) is 0 Å². The number of nitrogens with one attached hydrogen (secondary N) is 1. The van der Waals surface area contributed by atoms with Gasteiger partial charge in [-0.1, -0.05) is 0 Å². The van der Waals surface area contributed by atoms with Crippen molar-refractivity contribution in [1.29, 1.82) is 0 Å². The van der Waals surface area contributed by atoms with Crippen LogP contribution in [0.1, 0.15) is 43.0 Å². The molecule has 2 rings (SSSR count). The minimum absolute atomic E-state index is 0.204. The van der Waals surface area contributed by atoms with Crippen LogP contribution in [0.5, 0.6) is 0 Å². The highest BCUT2D eigenvalue weighted by Gasteiger charge is 2.18. The Morgan fingerprint density at radius 3 is 2.63 bits per heavy atom. The maximum Gasteiger partial charge on any atom is 0.138 e. The Bertz CT molecular complexity index is 539. The molecule has 19 heavy (non-hydrogen) atoms. The Balaban J connectivity index is 2.24. The third-order valence-corrected chi connectivity index (χ3v) is 3.30. The van der Waals surface area contributed by atoms with E-state index in [9.17, 15) is 0 Å². The summed E-state index contributed by atoms with van der Waals surface area (Å²) in [5, 5.41) is 12.0. The summed E-state index contributed by atoms with van der Waals surface area (Å²) < 4.78 is 3.82. The molecule has 0 aliphatic rings. The Labute approximate surface area is 113 Å². The van der Waals surface area contributed by atoms with Gasteiger partial charge in [-0.2, -0.15) is 10.2 Å². The van der Waals surface area contributed by atoms with Crippen LogP contribution in [-0.2, 0) is 13.5 Å². The van der Waals surface area contributed by atoms with Crippen molar-refractivity contribution < 1.29 is 0 Å². The van der Waals surface area contributed by atoms with Crippen molar-refractivity contribution in [1.82, 2.24) is 29.9 Å². The lowest BCUT2D eigenvalue weighted by atomic mass is 10.0. The number of aromatic nitrogens is 5. The van der Waals surface area contributed by atoms with E-state index in [-0.39, 0.29) is 6.04 Å². The molecule has 0 amide bonds. The standard InChI is InChI=1S/C13H22N6/c1-9(2)19-13(15-8-16-19)6-12(14-4)11-7-18(5)17-10(11)3/h7-9,12,14H,6H2,1-5H3. The molecule has 1 atom stereocenters. The molecule has 2 aromatic rings. The fraction of sp³-hybridized carbons (Fsp3) is 0.615. The summed E-state index contributed by atoms with van der Waals surface area (Å²) in [5.74, 6) is 0.998. The van der Waals surface area contributed by atoms with Crippen molar-refractivity contribution in [2.24, 2.45) is 7.05 Å². The molecule has 0 aliphatic carbocycles. The maximum absolute atomic E-state index is 4.40. The van der Waals surface area contributed by atoms with E-state index >= 15 is 0 Å². The van der Waals surface area contributed by atoms with Crippen LogP contribution >= 0.6 is 0 Å². The van der Waals surface area contributed by atoms with Crippen LogP contribution < -0.4 is 5.32 Å². The van der Waals surface area contributed by atoms with Crippen LogP contribution in [0.4, 0.5) is 0 Å². The summed E-state index contributed by atoms with van der Waals surface area (Å²) in [5.41, 5.74) is 2.26. The molecule has 6 nitrogen and oxygen atoms in total. The van der Waals surface area contributed by atoms with E-state index in [2.05, 4.69) is 40.5 Å². The van der Waals surface area contributed by atoms with Crippen molar-refractivity contribution >= 4 is 0 Å². The summed E-state index contributed by atoms with van der Waals surface area (Å²) in [6, 6.07) is 0.528. The van der Waals surface area contributed by atoms with Gasteiger partial charge in [0, 0.05) is 37.3 Å². The summed E-state index contributed by atoms with van der Waals surface area (Å²) in [7, 11) is 3.91. The molecule has 104 valence electrons. The topological polar surface area (TPSA) is 60.6 Å². The van der Waals surface area contributed by atoms with Gasteiger partial charge < -0.3 is 5.32 Å². The van der Waals surface area contributed by atoms with Gasteiger partial charge in [-0.25, -0.2) is 9.67 Å². The highest BCUT2D eigenvalue weighted by Crippen LogP contribution is 2.20. The monoisotopic (exact) mass is 262 g/mol. The second kappa shape index (κ2) is 5.52. The third-order valence-electron chi connectivity index (χ3n) is 3.30. The number of hydrogen-bond acceptors (Lipinski definition) is 4. The van der Waals surface area contributed by atoms with Crippen molar-refractivity contribution in [2.45, 2.75) is 39.3 Å². The van der Waals surface area contributed by atoms with Crippen LogP contribution in [0.25, 0.3) is 0 Å². The molecule has 0 bridgehead atoms. The first kappa shape index (κ1) is 13.7. The molecule has 0 aliphatic heterocycles. The van der Waals surface area contributed by atoms with Gasteiger partial charge in [0.2, 0.25) is 0 Å². The van der Waals surface area contributed by atoms with E-state index in [0.717, 1.165) is 17.9 Å². The SMILES string of the molecule is CNC(Cc1ncnn1C(C)C)c1cn(C)nc1C. The van der Waals surface area contributed by atoms with E-state index in [4.69, 9.17) is 0 Å². The summed E-state index contributed by atoms with van der Waals surface area (Å²) >= 11 is 0. The Hall–Kier alpha value is -1.69. The van der Waals surface area contributed by atoms with Crippen LogP contribution in [0, 0.1) is 6.92 Å². The fourth-order valence-corrected chi connectivity index (χ4v) is 2.36. The van der Waals surface area contributed by atoms with Crippen LogP contribution in [0.15, 0.2) is 12.5 Å². The molecule has 0 radical (unpaired) electrons. The first-order valence-corrected chi connectivity index (χ1v) is 6.58. The van der Waals surface area contributed by atoms with E-state index in [0.29, 0.717) is 6.04 Å². The molecular weight excluding hydrogens is 240 g/mol. The van der Waals surface area contributed by atoms with Crippen LogP contribution in [-0.4, -0.2) is 31.6 Å². The van der Waals surface area contributed by atoms with Gasteiger partial charge in [-0.15, -0.1) is 0 Å². The molecule has 0 saturated carbocycles. The molecule has 0 aromatic carbocycles. The van der Waals surface area contributed by atoms with Crippen molar-refractivity contribution in [2.75, 3.05) is 7.05 Å². The van der Waals surface area contributed by atoms with Gasteiger partial charge in [0.15, 0.2) is 0 Å². The van der Waals surface area contributed by atoms with Crippen LogP contribution in [0.3, 0.4) is 0 Å². The second-order valence-corrected chi connectivity index (χ2v) is 5.10. The minimum atomic E-state index is 0.204. The van der Waals surface area contributed by atoms with Crippen LogP contribution in [0.2, 0.25) is 0 Å². The number of likely N-dealkylation sites (N-methyl/N-ethyl adjacent to an activating group) is 1. The van der Waals surface area contributed by atoms with Gasteiger partial charge in [0.1, 0.15) is 12.2 Å². The average molecular weight is 262 g/mol. The molecule has 1 unspecified atom stereocenters. The first-order valence-electron chi connectivity index (χ1n) is 6.58. The molecular formula is C13H22N6. The average Bonchev–Trinajstić information content (AvgIpc) is 2.92. The smallest absolute Gasteiger partial charge is 0.138 e. The molecule has 2 heterocycles. The number of rotatable bonds is 5. The zero-order chi connectivity index (χ0) is 14.0. The first-order chi connectivity index (χ1) is 9.02. The van der Waals surface area contributed by atoms with E-state index < -0.39 is 0 Å². The lowest BCUT2D eigenvalue weighted by Crippen LogP contribution is -2.22. The van der Waals surface area contributed by atoms with Gasteiger partial charge in [-0.3, -0.25) is 4.68 Å². The Kier molecular flexibility index (Phi) is 3.99. The largest absolute Gasteiger partial charge is 0.313 e. The maximum atomic E-state index is 4.40. The second-order valence-electron chi connectivity index (χ2n) is 5.10. The van der Waals surface area contributed by atoms with Gasteiger partial charge >= 0.3 is 0 Å². The van der Waals surface area contributed by atoms with E-state index in [1.54, 1.807) is 6.33 Å². The molecule has 2 aromatic heterocycles. The van der Waals surface area contributed by atoms with Crippen molar-refractivity contribution in [3.05, 3.63) is 29.6 Å². The quantitative estimate of drug-likeness (QED) is 0.885. The van der Waals surface area contributed by atoms with Gasteiger partial charge in [0.25, 0.3) is 0 Å². The Morgan fingerprint density at radius 2 is 2.11 bits per heavy atom. The third kappa shape index (κ3) is 2.84. The molecule has 6 heteroatoms. The normalized spacial score (nSPS) is 13.2. The number of hydrogen-bond donors (Lipinski definition) is 1. The zero-order valence-corrected chi connectivity index (χ0v) is 12.3. The van der Waals surface area contributed by atoms with Crippen molar-refractivity contribution in [3.8, 4) is 0 Å². The van der Waals surface area contributed by atoms with E-state index in [1.807, 2.05) is 30.4 Å². The molecule has 0 saturated heterocycles. The molecule has 1 N–H and O–H groups in total. The Morgan fingerprint density at radius 1 is 1.37 bits per heavy atom. The number of aryl methyl sites for hydroxylation is 2. The lowest BCUT2D eigenvalue weighted by molar-refractivity contribution is 0.477. The highest BCUT2D eigenvalue weighted by atomic mass is 15.3. The fourth-order valence-electron chi connectivity index (χ4n) is 2.36. The van der Waals surface area contributed by atoms with E-state index in [1.165, 1.54) is 5.56 Å². The highest BCUT2D eigenvalue weighted by molar-refractivity contribution is 5.21. The summed E-state index contributed by atoms with van der Waals surface area (Å²) in [6.07, 6.45) is 4.49. The predicted molar refractivity (Wildman–Crippen MR) is 73.9 cm³/mol. The summed E-state index contributed by atoms with van der Waals surface area (Å²) in [4.78, 5) is 4.37. The predicted octanol–water partition coefficient (Wildman–Crippen LogP) is 1.40. The van der Waals surface area contributed by atoms with Gasteiger partial charge in [-0.05, 0) is 27.8 Å². The molecule has 0 spiro atoms. The minimum Gasteiger partial charge on any atom is -0.313 e. The zero-order valence-electron chi connectivity index (χ0n) is 12.3. The number of nitrogens with zero attached hydrogens (tertiary/aromatic N) is 5. The molecule has 0 fully saturated rings. The summed E-state index contributed by atoms with van der Waals surface area (Å²) in [6.45, 7) is 6.26.